The third-order valence-corrected chi connectivity index (χ3v) is 5.80. The van der Waals surface area contributed by atoms with E-state index in [1.165, 1.54) is 17.0 Å². The zero-order valence-electron chi connectivity index (χ0n) is 14.8. The van der Waals surface area contributed by atoms with E-state index in [1.54, 1.807) is 19.2 Å². The van der Waals surface area contributed by atoms with Gasteiger partial charge in [-0.3, -0.25) is 4.79 Å². The molecule has 1 spiro atoms. The smallest absolute Gasteiger partial charge is 0.313 e. The summed E-state index contributed by atoms with van der Waals surface area (Å²) in [6, 6.07) is 11.6. The Labute approximate surface area is 171 Å². The van der Waals surface area contributed by atoms with E-state index in [-0.39, 0.29) is 27.8 Å². The summed E-state index contributed by atoms with van der Waals surface area (Å²) < 4.78 is 0. The highest BCUT2D eigenvalue weighted by atomic mass is 35.5. The van der Waals surface area contributed by atoms with Crippen LogP contribution in [0.25, 0.3) is 0 Å². The average Bonchev–Trinajstić information content (AvgIpc) is 3.19. The molecule has 0 saturated carbocycles. The van der Waals surface area contributed by atoms with Crippen molar-refractivity contribution >= 4 is 40.8 Å². The van der Waals surface area contributed by atoms with Crippen LogP contribution in [0.1, 0.15) is 17.0 Å². The predicted octanol–water partition coefficient (Wildman–Crippen LogP) is 2.78. The predicted molar refractivity (Wildman–Crippen MR) is 104 cm³/mol. The van der Waals surface area contributed by atoms with Crippen LogP contribution in [0.2, 0.25) is 10.3 Å². The van der Waals surface area contributed by atoms with Crippen molar-refractivity contribution in [2.75, 3.05) is 25.0 Å². The van der Waals surface area contributed by atoms with Gasteiger partial charge in [-0.25, -0.2) is 14.7 Å². The fraction of sp³-hybridized carbons (Fsp3) is 0.263. The lowest BCUT2D eigenvalue weighted by Gasteiger charge is -2.33. The number of rotatable bonds is 2. The third-order valence-electron chi connectivity index (χ3n) is 5.42. The van der Waals surface area contributed by atoms with Gasteiger partial charge in [-0.15, -0.1) is 0 Å². The molecule has 1 aromatic carbocycles. The van der Waals surface area contributed by atoms with Gasteiger partial charge in [0.15, 0.2) is 0 Å². The maximum absolute atomic E-state index is 13.5. The molecular weight excluding hydrogens is 401 g/mol. The van der Waals surface area contributed by atoms with Crippen molar-refractivity contribution in [3.8, 4) is 6.07 Å². The number of hydrogen-bond donors (Lipinski definition) is 1. The van der Waals surface area contributed by atoms with Gasteiger partial charge in [-0.05, 0) is 29.8 Å². The number of urea groups is 1. The molecule has 2 aromatic rings. The summed E-state index contributed by atoms with van der Waals surface area (Å²) in [7, 11) is 1.62. The number of carbonyl (C=O) groups is 2. The Bertz CT molecular complexity index is 1000. The van der Waals surface area contributed by atoms with E-state index in [4.69, 9.17) is 28.5 Å². The van der Waals surface area contributed by atoms with Crippen molar-refractivity contribution in [2.24, 2.45) is 0 Å². The van der Waals surface area contributed by atoms with Crippen molar-refractivity contribution in [3.63, 3.8) is 0 Å². The molecule has 1 N–H and O–H groups in total. The van der Waals surface area contributed by atoms with Crippen LogP contribution in [-0.4, -0.2) is 47.5 Å². The first-order valence-corrected chi connectivity index (χ1v) is 9.30. The molecule has 1 aromatic heterocycles. The summed E-state index contributed by atoms with van der Waals surface area (Å²) in [6.45, 7) is 0.850. The molecule has 0 radical (unpaired) electrons. The van der Waals surface area contributed by atoms with Crippen LogP contribution in [0.3, 0.4) is 0 Å². The number of nitriles is 1. The fourth-order valence-corrected chi connectivity index (χ4v) is 4.46. The lowest BCUT2D eigenvalue weighted by Crippen LogP contribution is -2.53. The highest BCUT2D eigenvalue weighted by Crippen LogP contribution is 2.43. The molecule has 9 heteroatoms. The molecule has 0 aliphatic carbocycles. The Hall–Kier alpha value is -2.66. The summed E-state index contributed by atoms with van der Waals surface area (Å²) in [5, 5.41) is 12.5. The zero-order valence-corrected chi connectivity index (χ0v) is 16.3. The van der Waals surface area contributed by atoms with Gasteiger partial charge in [-0.1, -0.05) is 35.3 Å². The second kappa shape index (κ2) is 6.74. The molecule has 3 heterocycles. The molecule has 4 rings (SSSR count). The number of likely N-dealkylation sites (N-methyl/N-ethyl adjacent to an activating group) is 1. The number of imide groups is 1. The van der Waals surface area contributed by atoms with Crippen LogP contribution in [0.4, 0.5) is 10.5 Å². The van der Waals surface area contributed by atoms with Crippen molar-refractivity contribution in [1.29, 1.82) is 5.26 Å². The van der Waals surface area contributed by atoms with E-state index in [0.717, 1.165) is 10.5 Å². The van der Waals surface area contributed by atoms with Crippen LogP contribution in [0, 0.1) is 11.3 Å². The van der Waals surface area contributed by atoms with Crippen LogP contribution in [0.15, 0.2) is 36.4 Å². The van der Waals surface area contributed by atoms with Gasteiger partial charge >= 0.3 is 6.03 Å². The SMILES string of the molecule is CN1C(=O)N(c2cc(Cl)nc(Cl)c2)C(=O)[C@]12CNC[C@@H]2c1ccc(C#N)cc1. The summed E-state index contributed by atoms with van der Waals surface area (Å²) >= 11 is 11.9. The number of halogens is 2. The van der Waals surface area contributed by atoms with E-state index in [0.29, 0.717) is 18.7 Å². The zero-order chi connectivity index (χ0) is 20.1. The molecule has 2 saturated heterocycles. The number of aromatic nitrogens is 1. The fourth-order valence-electron chi connectivity index (χ4n) is 4.01. The monoisotopic (exact) mass is 415 g/mol. The molecule has 2 aliphatic heterocycles. The van der Waals surface area contributed by atoms with E-state index in [9.17, 15) is 9.59 Å². The van der Waals surface area contributed by atoms with Gasteiger partial charge in [0.05, 0.1) is 17.3 Å². The third kappa shape index (κ3) is 2.65. The molecule has 2 atom stereocenters. The summed E-state index contributed by atoms with van der Waals surface area (Å²) in [5.74, 6) is -0.614. The van der Waals surface area contributed by atoms with Gasteiger partial charge in [0.2, 0.25) is 0 Å². The topological polar surface area (TPSA) is 89.3 Å². The molecule has 2 fully saturated rings. The van der Waals surface area contributed by atoms with E-state index < -0.39 is 11.6 Å². The maximum atomic E-state index is 13.5. The average molecular weight is 416 g/mol. The normalized spacial score (nSPS) is 24.3. The molecule has 0 unspecified atom stereocenters. The summed E-state index contributed by atoms with van der Waals surface area (Å²) in [6.07, 6.45) is 0. The Morgan fingerprint density at radius 1 is 1.21 bits per heavy atom. The first kappa shape index (κ1) is 18.7. The molecule has 142 valence electrons. The summed E-state index contributed by atoms with van der Waals surface area (Å²) in [4.78, 5) is 33.0. The largest absolute Gasteiger partial charge is 0.332 e. The minimum atomic E-state index is -1.08. The first-order chi connectivity index (χ1) is 13.4. The van der Waals surface area contributed by atoms with Gasteiger partial charge in [0, 0.05) is 26.1 Å². The van der Waals surface area contributed by atoms with Crippen molar-refractivity contribution in [1.82, 2.24) is 15.2 Å². The van der Waals surface area contributed by atoms with E-state index in [2.05, 4.69) is 16.4 Å². The standard InChI is InChI=1S/C19H15Cl2N5O2/c1-25-18(28)26(13-6-15(20)24-16(21)7-13)17(27)19(25)10-23-9-14(19)12-4-2-11(8-22)3-5-12/h2-7,14,23H,9-10H2,1H3/t14-,19-/m1/s1. The van der Waals surface area contributed by atoms with Crippen LogP contribution < -0.4 is 10.2 Å². The van der Waals surface area contributed by atoms with Crippen molar-refractivity contribution in [2.45, 2.75) is 11.5 Å². The van der Waals surface area contributed by atoms with Gasteiger partial charge in [-0.2, -0.15) is 5.26 Å². The van der Waals surface area contributed by atoms with Gasteiger partial charge in [0.25, 0.3) is 5.91 Å². The Morgan fingerprint density at radius 3 is 2.46 bits per heavy atom. The van der Waals surface area contributed by atoms with E-state index in [1.807, 2.05) is 12.1 Å². The second-order valence-electron chi connectivity index (χ2n) is 6.79. The number of amides is 3. The highest BCUT2D eigenvalue weighted by molar-refractivity contribution is 6.33. The Morgan fingerprint density at radius 2 is 1.86 bits per heavy atom. The molecule has 0 bridgehead atoms. The van der Waals surface area contributed by atoms with Crippen molar-refractivity contribution < 1.29 is 9.59 Å². The number of nitrogens with one attached hydrogen (secondary N) is 1. The van der Waals surface area contributed by atoms with Crippen LogP contribution in [-0.2, 0) is 4.79 Å². The van der Waals surface area contributed by atoms with Gasteiger partial charge < -0.3 is 10.2 Å². The Kier molecular flexibility index (Phi) is 4.50. The lowest BCUT2D eigenvalue weighted by atomic mass is 9.80. The lowest BCUT2D eigenvalue weighted by molar-refractivity contribution is -0.124. The number of hydrogen-bond acceptors (Lipinski definition) is 5. The number of benzene rings is 1. The van der Waals surface area contributed by atoms with E-state index >= 15 is 0 Å². The number of pyridine rings is 1. The minimum Gasteiger partial charge on any atom is -0.313 e. The molecule has 2 aliphatic rings. The number of anilines is 1. The number of carbonyl (C=O) groups excluding carboxylic acids is 2. The molecule has 3 amide bonds. The van der Waals surface area contributed by atoms with Crippen LogP contribution in [0.5, 0.6) is 0 Å². The molecular formula is C19H15Cl2N5O2. The minimum absolute atomic E-state index is 0.0971. The Balaban J connectivity index is 1.78. The highest BCUT2D eigenvalue weighted by Gasteiger charge is 2.62. The molecule has 28 heavy (non-hydrogen) atoms. The van der Waals surface area contributed by atoms with Crippen molar-refractivity contribution in [3.05, 3.63) is 57.8 Å². The quantitative estimate of drug-likeness (QED) is 0.601. The molecule has 7 nitrogen and oxygen atoms in total. The second-order valence-corrected chi connectivity index (χ2v) is 7.57. The maximum Gasteiger partial charge on any atom is 0.332 e. The number of nitrogens with zero attached hydrogens (tertiary/aromatic N) is 4. The van der Waals surface area contributed by atoms with Gasteiger partial charge in [0.1, 0.15) is 15.8 Å². The summed E-state index contributed by atoms with van der Waals surface area (Å²) in [5.41, 5.74) is 0.625. The van der Waals surface area contributed by atoms with Crippen LogP contribution >= 0.6 is 23.2 Å². The first-order valence-electron chi connectivity index (χ1n) is 8.54.